The number of ether oxygens (including phenoxy) is 1. The molecule has 2 atom stereocenters. The summed E-state index contributed by atoms with van der Waals surface area (Å²) in [4.78, 5) is 17.0. The predicted molar refractivity (Wildman–Crippen MR) is 119 cm³/mol. The van der Waals surface area contributed by atoms with E-state index in [0.29, 0.717) is 6.42 Å². The zero-order valence-corrected chi connectivity index (χ0v) is 17.9. The Morgan fingerprint density at radius 3 is 2.43 bits per heavy atom. The molecule has 0 aliphatic carbocycles. The standard InChI is InChI=1S/C24H25N3O2S/c1-17(2)16-21(23(28)26-13-12-25)29-22(18-6-4-3-5-7-18)19-8-10-20(11-9-19)24-27-14-15-30-24/h3-11,14-15,17,21-22H,13,16H2,1-2H3,(H,26,28)/t21-,22?/m0/s1. The second kappa shape index (κ2) is 10.7. The first-order chi connectivity index (χ1) is 14.6. The van der Waals surface area contributed by atoms with Crippen molar-refractivity contribution in [3.8, 4) is 16.6 Å². The molecule has 6 heteroatoms. The predicted octanol–water partition coefficient (Wildman–Crippen LogP) is 4.97. The number of rotatable bonds is 9. The van der Waals surface area contributed by atoms with E-state index in [1.54, 1.807) is 17.5 Å². The Labute approximate surface area is 181 Å². The van der Waals surface area contributed by atoms with Crippen molar-refractivity contribution in [1.82, 2.24) is 10.3 Å². The molecule has 0 spiro atoms. The number of carbonyl (C=O) groups excluding carboxylic acids is 1. The van der Waals surface area contributed by atoms with Gasteiger partial charge in [0.2, 0.25) is 5.91 Å². The van der Waals surface area contributed by atoms with Gasteiger partial charge in [-0.15, -0.1) is 11.3 Å². The molecule has 1 unspecified atom stereocenters. The molecule has 5 nitrogen and oxygen atoms in total. The second-order valence-electron chi connectivity index (χ2n) is 7.38. The number of thiazole rings is 1. The Hall–Kier alpha value is -3.01. The SMILES string of the molecule is CC(C)C[C@H](OC(c1ccccc1)c1ccc(-c2nccs2)cc1)C(=O)NCC#N. The summed E-state index contributed by atoms with van der Waals surface area (Å²) >= 11 is 1.59. The van der Waals surface area contributed by atoms with Gasteiger partial charge in [-0.2, -0.15) is 5.26 Å². The van der Waals surface area contributed by atoms with Crippen molar-refractivity contribution < 1.29 is 9.53 Å². The van der Waals surface area contributed by atoms with Crippen LogP contribution in [0.5, 0.6) is 0 Å². The molecule has 3 aromatic rings. The van der Waals surface area contributed by atoms with E-state index in [1.807, 2.05) is 79.9 Å². The van der Waals surface area contributed by atoms with Crippen molar-refractivity contribution in [2.45, 2.75) is 32.5 Å². The largest absolute Gasteiger partial charge is 0.356 e. The quantitative estimate of drug-likeness (QED) is 0.497. The maximum atomic E-state index is 12.7. The minimum absolute atomic E-state index is 0.0324. The van der Waals surface area contributed by atoms with Gasteiger partial charge in [-0.05, 0) is 23.5 Å². The number of hydrogen-bond acceptors (Lipinski definition) is 5. The number of aromatic nitrogens is 1. The van der Waals surface area contributed by atoms with Crippen LogP contribution < -0.4 is 5.32 Å². The molecule has 154 valence electrons. The van der Waals surface area contributed by atoms with Crippen LogP contribution in [0.4, 0.5) is 0 Å². The summed E-state index contributed by atoms with van der Waals surface area (Å²) in [7, 11) is 0. The lowest BCUT2D eigenvalue weighted by atomic mass is 9.99. The van der Waals surface area contributed by atoms with E-state index in [9.17, 15) is 4.79 Å². The van der Waals surface area contributed by atoms with Crippen LogP contribution in [0.15, 0.2) is 66.2 Å². The fourth-order valence-corrected chi connectivity index (χ4v) is 3.85. The maximum absolute atomic E-state index is 12.7. The van der Waals surface area contributed by atoms with Crippen molar-refractivity contribution in [2.75, 3.05) is 6.54 Å². The van der Waals surface area contributed by atoms with Gasteiger partial charge >= 0.3 is 0 Å². The molecule has 3 rings (SSSR count). The molecule has 1 aromatic heterocycles. The average molecular weight is 420 g/mol. The van der Waals surface area contributed by atoms with Gasteiger partial charge in [0, 0.05) is 17.1 Å². The number of nitriles is 1. The molecule has 1 heterocycles. The minimum Gasteiger partial charge on any atom is -0.356 e. The monoisotopic (exact) mass is 419 g/mol. The summed E-state index contributed by atoms with van der Waals surface area (Å²) < 4.78 is 6.39. The Bertz CT molecular complexity index is 964. The van der Waals surface area contributed by atoms with E-state index < -0.39 is 12.2 Å². The Morgan fingerprint density at radius 1 is 1.13 bits per heavy atom. The van der Waals surface area contributed by atoms with Crippen molar-refractivity contribution in [3.05, 3.63) is 77.3 Å². The number of nitrogens with zero attached hydrogens (tertiary/aromatic N) is 2. The molecular weight excluding hydrogens is 394 g/mol. The third-order valence-corrected chi connectivity index (χ3v) is 5.44. The lowest BCUT2D eigenvalue weighted by Gasteiger charge is -2.26. The third-order valence-electron chi connectivity index (χ3n) is 4.61. The second-order valence-corrected chi connectivity index (χ2v) is 8.27. The number of carbonyl (C=O) groups is 1. The van der Waals surface area contributed by atoms with E-state index >= 15 is 0 Å². The van der Waals surface area contributed by atoms with E-state index in [2.05, 4.69) is 10.3 Å². The van der Waals surface area contributed by atoms with Gasteiger partial charge in [0.15, 0.2) is 0 Å². The lowest BCUT2D eigenvalue weighted by Crippen LogP contribution is -2.38. The third kappa shape index (κ3) is 5.76. The fraction of sp³-hybridized carbons (Fsp3) is 0.292. The van der Waals surface area contributed by atoms with Crippen LogP contribution in [-0.2, 0) is 9.53 Å². The molecule has 0 bridgehead atoms. The number of amides is 1. The van der Waals surface area contributed by atoms with Crippen molar-refractivity contribution in [1.29, 1.82) is 5.26 Å². The highest BCUT2D eigenvalue weighted by atomic mass is 32.1. The molecule has 2 aromatic carbocycles. The van der Waals surface area contributed by atoms with E-state index in [-0.39, 0.29) is 18.4 Å². The first-order valence-corrected chi connectivity index (χ1v) is 10.8. The van der Waals surface area contributed by atoms with Crippen molar-refractivity contribution in [3.63, 3.8) is 0 Å². The summed E-state index contributed by atoms with van der Waals surface area (Å²) in [6.45, 7) is 4.07. The smallest absolute Gasteiger partial charge is 0.250 e. The average Bonchev–Trinajstić information content (AvgIpc) is 3.30. The van der Waals surface area contributed by atoms with Gasteiger partial charge in [-0.3, -0.25) is 4.79 Å². The van der Waals surface area contributed by atoms with Crippen molar-refractivity contribution in [2.24, 2.45) is 5.92 Å². The Kier molecular flexibility index (Phi) is 7.72. The first-order valence-electron chi connectivity index (χ1n) is 9.93. The number of benzene rings is 2. The maximum Gasteiger partial charge on any atom is 0.250 e. The van der Waals surface area contributed by atoms with E-state index in [4.69, 9.17) is 10.00 Å². The molecule has 1 N–H and O–H groups in total. The van der Waals surface area contributed by atoms with Gasteiger partial charge in [0.1, 0.15) is 23.8 Å². The van der Waals surface area contributed by atoms with Gasteiger partial charge < -0.3 is 10.1 Å². The van der Waals surface area contributed by atoms with Crippen LogP contribution >= 0.6 is 11.3 Å². The summed E-state index contributed by atoms with van der Waals surface area (Å²) in [5, 5.41) is 14.4. The van der Waals surface area contributed by atoms with Crippen LogP contribution in [0.2, 0.25) is 0 Å². The highest BCUT2D eigenvalue weighted by molar-refractivity contribution is 7.13. The summed E-state index contributed by atoms with van der Waals surface area (Å²) in [6, 6.07) is 19.9. The molecule has 0 radical (unpaired) electrons. The highest BCUT2D eigenvalue weighted by Crippen LogP contribution is 2.31. The van der Waals surface area contributed by atoms with Crippen LogP contribution in [0.25, 0.3) is 10.6 Å². The molecule has 0 aliphatic heterocycles. The Balaban J connectivity index is 1.90. The lowest BCUT2D eigenvalue weighted by molar-refractivity contribution is -0.136. The molecule has 30 heavy (non-hydrogen) atoms. The van der Waals surface area contributed by atoms with Crippen LogP contribution in [0.3, 0.4) is 0 Å². The zero-order chi connectivity index (χ0) is 21.3. The zero-order valence-electron chi connectivity index (χ0n) is 17.1. The topological polar surface area (TPSA) is 75.0 Å². The van der Waals surface area contributed by atoms with Gasteiger partial charge in [0.05, 0.1) is 6.07 Å². The van der Waals surface area contributed by atoms with Gasteiger partial charge in [0.25, 0.3) is 0 Å². The molecule has 1 amide bonds. The number of nitrogens with one attached hydrogen (secondary N) is 1. The van der Waals surface area contributed by atoms with Gasteiger partial charge in [-0.25, -0.2) is 4.98 Å². The Morgan fingerprint density at radius 2 is 1.83 bits per heavy atom. The van der Waals surface area contributed by atoms with Crippen LogP contribution in [0.1, 0.15) is 37.5 Å². The normalized spacial score (nSPS) is 12.9. The summed E-state index contributed by atoms with van der Waals surface area (Å²) in [6.07, 6.45) is 1.31. The van der Waals surface area contributed by atoms with Gasteiger partial charge in [-0.1, -0.05) is 68.4 Å². The highest BCUT2D eigenvalue weighted by Gasteiger charge is 2.26. The molecule has 0 saturated carbocycles. The van der Waals surface area contributed by atoms with E-state index in [1.165, 1.54) is 0 Å². The van der Waals surface area contributed by atoms with Crippen LogP contribution in [0, 0.1) is 17.2 Å². The molecule has 0 saturated heterocycles. The minimum atomic E-state index is -0.651. The molecule has 0 aliphatic rings. The van der Waals surface area contributed by atoms with E-state index in [0.717, 1.165) is 21.7 Å². The summed E-state index contributed by atoms with van der Waals surface area (Å²) in [5.41, 5.74) is 2.98. The van der Waals surface area contributed by atoms with Crippen molar-refractivity contribution >= 4 is 17.2 Å². The summed E-state index contributed by atoms with van der Waals surface area (Å²) in [5.74, 6) is 0.0112. The fourth-order valence-electron chi connectivity index (χ4n) is 3.20. The van der Waals surface area contributed by atoms with Crippen LogP contribution in [-0.4, -0.2) is 23.5 Å². The first kappa shape index (κ1) is 21.7. The molecule has 0 fully saturated rings. The molecular formula is C24H25N3O2S. The number of hydrogen-bond donors (Lipinski definition) is 1.